The minimum Gasteiger partial charge on any atom is -0.478 e. The number of benzene rings is 1. The summed E-state index contributed by atoms with van der Waals surface area (Å²) in [5.74, 6) is -0.387. The van der Waals surface area contributed by atoms with Crippen LogP contribution in [0, 0.1) is 0 Å². The maximum Gasteiger partial charge on any atom is 0.335 e. The van der Waals surface area contributed by atoms with Gasteiger partial charge in [-0.05, 0) is 31.2 Å². The highest BCUT2D eigenvalue weighted by atomic mass is 16.5. The first-order valence-corrected chi connectivity index (χ1v) is 5.23. The molecule has 0 fully saturated rings. The monoisotopic (exact) mass is 232 g/mol. The van der Waals surface area contributed by atoms with E-state index in [-0.39, 0.29) is 5.56 Å². The lowest BCUT2D eigenvalue weighted by Crippen LogP contribution is -1.99. The van der Waals surface area contributed by atoms with Gasteiger partial charge >= 0.3 is 5.97 Å². The SMILES string of the molecule is CCOc1ccn(-c2ccc(C(=O)O)cc2)n1. The van der Waals surface area contributed by atoms with Crippen LogP contribution in [-0.2, 0) is 0 Å². The van der Waals surface area contributed by atoms with Crippen LogP contribution < -0.4 is 4.74 Å². The summed E-state index contributed by atoms with van der Waals surface area (Å²) in [6, 6.07) is 8.24. The van der Waals surface area contributed by atoms with Gasteiger partial charge in [0.15, 0.2) is 0 Å². The molecule has 1 heterocycles. The van der Waals surface area contributed by atoms with Crippen LogP contribution in [0.5, 0.6) is 5.88 Å². The first-order chi connectivity index (χ1) is 8.20. The molecule has 0 aliphatic heterocycles. The van der Waals surface area contributed by atoms with Gasteiger partial charge in [0.05, 0.1) is 17.9 Å². The summed E-state index contributed by atoms with van der Waals surface area (Å²) >= 11 is 0. The van der Waals surface area contributed by atoms with Gasteiger partial charge in [-0.15, -0.1) is 5.10 Å². The zero-order chi connectivity index (χ0) is 12.3. The van der Waals surface area contributed by atoms with Crippen LogP contribution in [-0.4, -0.2) is 27.5 Å². The molecule has 0 bridgehead atoms. The van der Waals surface area contributed by atoms with E-state index in [0.29, 0.717) is 12.5 Å². The Morgan fingerprint density at radius 3 is 2.65 bits per heavy atom. The standard InChI is InChI=1S/C12H12N2O3/c1-2-17-11-7-8-14(13-11)10-5-3-9(4-6-10)12(15)16/h3-8H,2H2,1H3,(H,15,16). The molecule has 5 heteroatoms. The molecule has 88 valence electrons. The van der Waals surface area contributed by atoms with Gasteiger partial charge < -0.3 is 9.84 Å². The Kier molecular flexibility index (Phi) is 3.09. The molecule has 0 aliphatic rings. The molecule has 0 spiro atoms. The van der Waals surface area contributed by atoms with Crippen molar-refractivity contribution in [1.29, 1.82) is 0 Å². The zero-order valence-corrected chi connectivity index (χ0v) is 9.33. The highest BCUT2D eigenvalue weighted by molar-refractivity contribution is 5.87. The molecule has 5 nitrogen and oxygen atoms in total. The Balaban J connectivity index is 2.23. The predicted octanol–water partition coefficient (Wildman–Crippen LogP) is 1.97. The quantitative estimate of drug-likeness (QED) is 0.875. The van der Waals surface area contributed by atoms with Crippen LogP contribution in [0.2, 0.25) is 0 Å². The number of hydrogen-bond donors (Lipinski definition) is 1. The fourth-order valence-electron chi connectivity index (χ4n) is 1.43. The lowest BCUT2D eigenvalue weighted by Gasteiger charge is -2.01. The summed E-state index contributed by atoms with van der Waals surface area (Å²) in [4.78, 5) is 10.7. The Morgan fingerprint density at radius 1 is 1.35 bits per heavy atom. The second kappa shape index (κ2) is 4.69. The number of hydrogen-bond acceptors (Lipinski definition) is 3. The number of carbonyl (C=O) groups is 1. The third-order valence-corrected chi connectivity index (χ3v) is 2.24. The van der Waals surface area contributed by atoms with E-state index in [4.69, 9.17) is 9.84 Å². The summed E-state index contributed by atoms with van der Waals surface area (Å²) in [5.41, 5.74) is 1.05. The molecule has 0 saturated carbocycles. The van der Waals surface area contributed by atoms with Crippen LogP contribution in [0.3, 0.4) is 0 Å². The lowest BCUT2D eigenvalue weighted by molar-refractivity contribution is 0.0697. The van der Waals surface area contributed by atoms with E-state index in [9.17, 15) is 4.79 Å². The fourth-order valence-corrected chi connectivity index (χ4v) is 1.43. The maximum atomic E-state index is 10.7. The van der Waals surface area contributed by atoms with Crippen molar-refractivity contribution in [2.75, 3.05) is 6.61 Å². The molecule has 0 atom stereocenters. The molecular formula is C12H12N2O3. The number of rotatable bonds is 4. The topological polar surface area (TPSA) is 64.3 Å². The third kappa shape index (κ3) is 2.44. The highest BCUT2D eigenvalue weighted by Gasteiger charge is 2.04. The number of aromatic carboxylic acids is 1. The van der Waals surface area contributed by atoms with Crippen molar-refractivity contribution in [3.8, 4) is 11.6 Å². The summed E-state index contributed by atoms with van der Waals surface area (Å²) < 4.78 is 6.88. The first-order valence-electron chi connectivity index (χ1n) is 5.23. The van der Waals surface area contributed by atoms with E-state index in [1.165, 1.54) is 0 Å². The van der Waals surface area contributed by atoms with Crippen LogP contribution in [0.15, 0.2) is 36.5 Å². The Labute approximate surface area is 98.3 Å². The van der Waals surface area contributed by atoms with Crippen molar-refractivity contribution in [2.45, 2.75) is 6.92 Å². The van der Waals surface area contributed by atoms with Crippen LogP contribution in [0.1, 0.15) is 17.3 Å². The van der Waals surface area contributed by atoms with Gasteiger partial charge in [0.2, 0.25) is 5.88 Å². The third-order valence-electron chi connectivity index (χ3n) is 2.24. The van der Waals surface area contributed by atoms with E-state index in [2.05, 4.69) is 5.10 Å². The van der Waals surface area contributed by atoms with E-state index < -0.39 is 5.97 Å². The largest absolute Gasteiger partial charge is 0.478 e. The Morgan fingerprint density at radius 2 is 2.06 bits per heavy atom. The molecular weight excluding hydrogens is 220 g/mol. The smallest absolute Gasteiger partial charge is 0.335 e. The highest BCUT2D eigenvalue weighted by Crippen LogP contribution is 2.13. The normalized spacial score (nSPS) is 10.2. The molecule has 1 aromatic heterocycles. The minimum atomic E-state index is -0.938. The van der Waals surface area contributed by atoms with Crippen molar-refractivity contribution in [3.63, 3.8) is 0 Å². The van der Waals surface area contributed by atoms with Crippen LogP contribution >= 0.6 is 0 Å². The van der Waals surface area contributed by atoms with Crippen molar-refractivity contribution in [1.82, 2.24) is 9.78 Å². The molecule has 0 unspecified atom stereocenters. The van der Waals surface area contributed by atoms with E-state index in [1.54, 1.807) is 41.2 Å². The summed E-state index contributed by atoms with van der Waals surface area (Å²) in [6.45, 7) is 2.45. The number of carboxylic acids is 1. The minimum absolute atomic E-state index is 0.255. The molecule has 0 amide bonds. The van der Waals surface area contributed by atoms with Gasteiger partial charge in [0.25, 0.3) is 0 Å². The summed E-state index contributed by atoms with van der Waals surface area (Å²) in [7, 11) is 0. The second-order valence-electron chi connectivity index (χ2n) is 3.38. The van der Waals surface area contributed by atoms with Gasteiger partial charge in [0.1, 0.15) is 0 Å². The Hall–Kier alpha value is -2.30. The van der Waals surface area contributed by atoms with Crippen molar-refractivity contribution in [2.24, 2.45) is 0 Å². The zero-order valence-electron chi connectivity index (χ0n) is 9.33. The van der Waals surface area contributed by atoms with E-state index in [1.807, 2.05) is 6.92 Å². The molecule has 1 N–H and O–H groups in total. The average molecular weight is 232 g/mol. The average Bonchev–Trinajstić information content (AvgIpc) is 2.78. The first kappa shape index (κ1) is 11.2. The second-order valence-corrected chi connectivity index (χ2v) is 3.38. The summed E-state index contributed by atoms with van der Waals surface area (Å²) in [5, 5.41) is 13.0. The van der Waals surface area contributed by atoms with Crippen LogP contribution in [0.4, 0.5) is 0 Å². The lowest BCUT2D eigenvalue weighted by atomic mass is 10.2. The number of aromatic nitrogens is 2. The van der Waals surface area contributed by atoms with Gasteiger partial charge in [-0.2, -0.15) is 0 Å². The number of carboxylic acid groups (broad SMARTS) is 1. The summed E-state index contributed by atoms with van der Waals surface area (Å²) in [6.07, 6.45) is 1.76. The molecule has 1 aromatic carbocycles. The molecule has 17 heavy (non-hydrogen) atoms. The van der Waals surface area contributed by atoms with Gasteiger partial charge in [-0.3, -0.25) is 0 Å². The molecule has 0 aliphatic carbocycles. The van der Waals surface area contributed by atoms with Crippen molar-refractivity contribution < 1.29 is 14.6 Å². The maximum absolute atomic E-state index is 10.7. The number of ether oxygens (including phenoxy) is 1. The van der Waals surface area contributed by atoms with Crippen LogP contribution in [0.25, 0.3) is 5.69 Å². The van der Waals surface area contributed by atoms with Crippen molar-refractivity contribution in [3.05, 3.63) is 42.1 Å². The fraction of sp³-hybridized carbons (Fsp3) is 0.167. The predicted molar refractivity (Wildman–Crippen MR) is 61.7 cm³/mol. The van der Waals surface area contributed by atoms with Gasteiger partial charge in [-0.25, -0.2) is 9.48 Å². The number of nitrogens with zero attached hydrogens (tertiary/aromatic N) is 2. The molecule has 0 radical (unpaired) electrons. The molecule has 0 saturated heterocycles. The Bertz CT molecular complexity index is 517. The molecule has 2 aromatic rings. The van der Waals surface area contributed by atoms with E-state index in [0.717, 1.165) is 5.69 Å². The van der Waals surface area contributed by atoms with Gasteiger partial charge in [-0.1, -0.05) is 0 Å². The van der Waals surface area contributed by atoms with E-state index >= 15 is 0 Å². The van der Waals surface area contributed by atoms with Gasteiger partial charge in [0, 0.05) is 12.3 Å². The van der Waals surface area contributed by atoms with Crippen molar-refractivity contribution >= 4 is 5.97 Å². The molecule has 2 rings (SSSR count).